The van der Waals surface area contributed by atoms with E-state index in [1.54, 1.807) is 47.4 Å². The second kappa shape index (κ2) is 8.60. The molecule has 2 aromatic carbocycles. The Morgan fingerprint density at radius 3 is 2.37 bits per heavy atom. The minimum Gasteiger partial charge on any atom is -0.336 e. The molecule has 0 bridgehead atoms. The molecule has 1 saturated heterocycles. The minimum absolute atomic E-state index is 0.0819. The lowest BCUT2D eigenvalue weighted by Crippen LogP contribution is -2.47. The third-order valence-corrected chi connectivity index (χ3v) is 4.50. The first-order valence-corrected chi connectivity index (χ1v) is 8.84. The number of piperazine rings is 1. The summed E-state index contributed by atoms with van der Waals surface area (Å²) in [4.78, 5) is 29.0. The molecule has 1 fully saturated rings. The van der Waals surface area contributed by atoms with Gasteiger partial charge in [0, 0.05) is 32.3 Å². The molecule has 0 spiro atoms. The molecule has 27 heavy (non-hydrogen) atoms. The van der Waals surface area contributed by atoms with Gasteiger partial charge < -0.3 is 15.1 Å². The molecule has 0 unspecified atom stereocenters. The monoisotopic (exact) mass is 367 g/mol. The van der Waals surface area contributed by atoms with E-state index < -0.39 is 0 Å². The van der Waals surface area contributed by atoms with Gasteiger partial charge in [-0.2, -0.15) is 0 Å². The summed E-state index contributed by atoms with van der Waals surface area (Å²) in [6, 6.07) is 12.8. The maximum atomic E-state index is 12.9. The second-order valence-corrected chi connectivity index (χ2v) is 6.52. The Morgan fingerprint density at radius 1 is 1.00 bits per heavy atom. The van der Waals surface area contributed by atoms with Crippen molar-refractivity contribution in [3.63, 3.8) is 0 Å². The Labute approximate surface area is 158 Å². The highest BCUT2D eigenvalue weighted by molar-refractivity contribution is 6.07. The number of amides is 2. The molecule has 0 radical (unpaired) electrons. The van der Waals surface area contributed by atoms with Crippen molar-refractivity contribution in [2.75, 3.05) is 38.5 Å². The molecule has 0 saturated carbocycles. The van der Waals surface area contributed by atoms with Gasteiger partial charge in [-0.05, 0) is 43.0 Å². The fraction of sp³-hybridized carbons (Fsp3) is 0.238. The van der Waals surface area contributed by atoms with Gasteiger partial charge in [0.15, 0.2) is 0 Å². The Hall–Kier alpha value is -2.99. The van der Waals surface area contributed by atoms with E-state index in [1.807, 2.05) is 7.05 Å². The van der Waals surface area contributed by atoms with Crippen molar-refractivity contribution in [1.82, 2.24) is 9.80 Å². The normalized spacial score (nSPS) is 15.1. The van der Waals surface area contributed by atoms with Crippen LogP contribution in [0.15, 0.2) is 54.6 Å². The second-order valence-electron chi connectivity index (χ2n) is 6.52. The number of likely N-dealkylation sites (N-methyl/N-ethyl adjacent to an activating group) is 1. The molecular weight excluding hydrogens is 345 g/mol. The van der Waals surface area contributed by atoms with Crippen LogP contribution in [0.1, 0.15) is 15.9 Å². The molecule has 0 aromatic heterocycles. The first-order chi connectivity index (χ1) is 13.0. The van der Waals surface area contributed by atoms with Crippen molar-refractivity contribution < 1.29 is 14.0 Å². The molecular formula is C21H22FN3O2. The van der Waals surface area contributed by atoms with Crippen LogP contribution in [0.4, 0.5) is 10.1 Å². The molecule has 1 heterocycles. The predicted octanol–water partition coefficient (Wildman–Crippen LogP) is 2.87. The van der Waals surface area contributed by atoms with Gasteiger partial charge >= 0.3 is 0 Å². The standard InChI is InChI=1S/C21H22FN3O2/c1-24-12-14-25(15-13-24)21(27)18-4-2-3-5-19(18)23-20(26)11-8-16-6-9-17(22)10-7-16/h2-11H,12-15H2,1H3,(H,23,26)/b11-8+. The van der Waals surface area contributed by atoms with Crippen LogP contribution in [0, 0.1) is 5.82 Å². The average molecular weight is 367 g/mol. The fourth-order valence-corrected chi connectivity index (χ4v) is 2.88. The number of nitrogens with one attached hydrogen (secondary N) is 1. The third kappa shape index (κ3) is 5.01. The van der Waals surface area contributed by atoms with E-state index in [0.717, 1.165) is 13.1 Å². The van der Waals surface area contributed by atoms with E-state index in [4.69, 9.17) is 0 Å². The van der Waals surface area contributed by atoms with E-state index in [1.165, 1.54) is 18.2 Å². The first kappa shape index (κ1) is 18.8. The minimum atomic E-state index is -0.349. The summed E-state index contributed by atoms with van der Waals surface area (Å²) in [6.45, 7) is 3.01. The summed E-state index contributed by atoms with van der Waals surface area (Å²) in [6.07, 6.45) is 2.96. The van der Waals surface area contributed by atoms with Gasteiger partial charge in [0.05, 0.1) is 11.3 Å². The molecule has 2 aromatic rings. The molecule has 5 nitrogen and oxygen atoms in total. The summed E-state index contributed by atoms with van der Waals surface area (Å²) in [5, 5.41) is 2.76. The SMILES string of the molecule is CN1CCN(C(=O)c2ccccc2NC(=O)/C=C/c2ccc(F)cc2)CC1. The number of anilines is 1. The lowest BCUT2D eigenvalue weighted by atomic mass is 10.1. The number of para-hydroxylation sites is 1. The Kier molecular flexibility index (Phi) is 5.98. The number of benzene rings is 2. The summed E-state index contributed by atoms with van der Waals surface area (Å²) >= 11 is 0. The van der Waals surface area contributed by atoms with Crippen molar-refractivity contribution in [2.45, 2.75) is 0 Å². The largest absolute Gasteiger partial charge is 0.336 e. The first-order valence-electron chi connectivity index (χ1n) is 8.84. The summed E-state index contributed by atoms with van der Waals surface area (Å²) in [7, 11) is 2.03. The van der Waals surface area contributed by atoms with Crippen molar-refractivity contribution in [2.24, 2.45) is 0 Å². The number of carbonyl (C=O) groups excluding carboxylic acids is 2. The van der Waals surface area contributed by atoms with E-state index in [2.05, 4.69) is 10.2 Å². The van der Waals surface area contributed by atoms with E-state index in [9.17, 15) is 14.0 Å². The molecule has 6 heteroatoms. The summed E-state index contributed by atoms with van der Waals surface area (Å²) in [5.74, 6) is -0.757. The van der Waals surface area contributed by atoms with Gasteiger partial charge in [-0.1, -0.05) is 24.3 Å². The van der Waals surface area contributed by atoms with Crippen LogP contribution in [0.5, 0.6) is 0 Å². The van der Waals surface area contributed by atoms with Gasteiger partial charge in [-0.3, -0.25) is 9.59 Å². The maximum absolute atomic E-state index is 12.9. The molecule has 0 atom stereocenters. The maximum Gasteiger partial charge on any atom is 0.256 e. The zero-order chi connectivity index (χ0) is 19.2. The van der Waals surface area contributed by atoms with Crippen molar-refractivity contribution in [3.05, 3.63) is 71.6 Å². The Bertz CT molecular complexity index is 841. The lowest BCUT2D eigenvalue weighted by molar-refractivity contribution is -0.111. The molecule has 140 valence electrons. The van der Waals surface area contributed by atoms with Crippen molar-refractivity contribution in [1.29, 1.82) is 0 Å². The van der Waals surface area contributed by atoms with Crippen LogP contribution < -0.4 is 5.32 Å². The lowest BCUT2D eigenvalue weighted by Gasteiger charge is -2.32. The number of carbonyl (C=O) groups is 2. The molecule has 1 N–H and O–H groups in total. The molecule has 1 aliphatic heterocycles. The zero-order valence-electron chi connectivity index (χ0n) is 15.2. The fourth-order valence-electron chi connectivity index (χ4n) is 2.88. The third-order valence-electron chi connectivity index (χ3n) is 4.50. The van der Waals surface area contributed by atoms with Gasteiger partial charge in [0.1, 0.15) is 5.82 Å². The smallest absolute Gasteiger partial charge is 0.256 e. The van der Waals surface area contributed by atoms with Crippen molar-refractivity contribution in [3.8, 4) is 0 Å². The van der Waals surface area contributed by atoms with Crippen molar-refractivity contribution >= 4 is 23.6 Å². The van der Waals surface area contributed by atoms with E-state index in [0.29, 0.717) is 29.9 Å². The Balaban J connectivity index is 1.69. The number of hydrogen-bond donors (Lipinski definition) is 1. The highest BCUT2D eigenvalue weighted by Gasteiger charge is 2.22. The van der Waals surface area contributed by atoms with Crippen LogP contribution >= 0.6 is 0 Å². The quantitative estimate of drug-likeness (QED) is 0.846. The number of halogens is 1. The van der Waals surface area contributed by atoms with Gasteiger partial charge in [0.25, 0.3) is 5.91 Å². The summed E-state index contributed by atoms with van der Waals surface area (Å²) in [5.41, 5.74) is 1.68. The van der Waals surface area contributed by atoms with Gasteiger partial charge in [0.2, 0.25) is 5.91 Å². The summed E-state index contributed by atoms with van der Waals surface area (Å²) < 4.78 is 12.9. The number of rotatable bonds is 4. The Morgan fingerprint density at radius 2 is 1.67 bits per heavy atom. The number of hydrogen-bond acceptors (Lipinski definition) is 3. The molecule has 1 aliphatic rings. The van der Waals surface area contributed by atoms with Crippen LogP contribution in [0.25, 0.3) is 6.08 Å². The van der Waals surface area contributed by atoms with Crippen LogP contribution in [-0.4, -0.2) is 54.8 Å². The zero-order valence-corrected chi connectivity index (χ0v) is 15.2. The highest BCUT2D eigenvalue weighted by Crippen LogP contribution is 2.18. The number of nitrogens with zero attached hydrogens (tertiary/aromatic N) is 2. The average Bonchev–Trinajstić information content (AvgIpc) is 2.68. The predicted molar refractivity (Wildman–Crippen MR) is 104 cm³/mol. The van der Waals surface area contributed by atoms with Crippen LogP contribution in [0.2, 0.25) is 0 Å². The van der Waals surface area contributed by atoms with Crippen LogP contribution in [0.3, 0.4) is 0 Å². The molecule has 0 aliphatic carbocycles. The van der Waals surface area contributed by atoms with E-state index in [-0.39, 0.29) is 17.6 Å². The van der Waals surface area contributed by atoms with Gasteiger partial charge in [-0.15, -0.1) is 0 Å². The molecule has 2 amide bonds. The topological polar surface area (TPSA) is 52.6 Å². The highest BCUT2D eigenvalue weighted by atomic mass is 19.1. The molecule has 3 rings (SSSR count). The van der Waals surface area contributed by atoms with Crippen LogP contribution in [-0.2, 0) is 4.79 Å². The van der Waals surface area contributed by atoms with Gasteiger partial charge in [-0.25, -0.2) is 4.39 Å². The van der Waals surface area contributed by atoms with E-state index >= 15 is 0 Å².